The minimum atomic E-state index is 0.781. The van der Waals surface area contributed by atoms with Crippen LogP contribution in [0.4, 0.5) is 5.82 Å². The Kier molecular flexibility index (Phi) is 5.01. The summed E-state index contributed by atoms with van der Waals surface area (Å²) in [4.78, 5) is 15.5. The van der Waals surface area contributed by atoms with Gasteiger partial charge >= 0.3 is 0 Å². The molecule has 0 aliphatic heterocycles. The topological polar surface area (TPSA) is 53.9 Å². The summed E-state index contributed by atoms with van der Waals surface area (Å²) in [6, 6.07) is 6.13. The van der Waals surface area contributed by atoms with E-state index in [1.54, 1.807) is 6.20 Å². The van der Waals surface area contributed by atoms with Crippen LogP contribution in [-0.4, -0.2) is 33.4 Å². The fraction of sp³-hybridized carbons (Fsp3) is 0.400. The van der Waals surface area contributed by atoms with Gasteiger partial charge in [-0.25, -0.2) is 4.98 Å². The molecule has 2 heterocycles. The molecule has 5 heteroatoms. The molecule has 0 fully saturated rings. The Morgan fingerprint density at radius 3 is 2.50 bits per heavy atom. The van der Waals surface area contributed by atoms with Crippen LogP contribution in [0.2, 0.25) is 0 Å². The number of nitrogens with zero attached hydrogens (tertiary/aromatic N) is 4. The largest absolute Gasteiger partial charge is 0.372 e. The van der Waals surface area contributed by atoms with Crippen LogP contribution >= 0.6 is 0 Å². The summed E-state index contributed by atoms with van der Waals surface area (Å²) >= 11 is 0. The van der Waals surface area contributed by atoms with Crippen LogP contribution in [0.1, 0.15) is 24.0 Å². The van der Waals surface area contributed by atoms with E-state index < -0.39 is 0 Å². The van der Waals surface area contributed by atoms with Crippen LogP contribution in [0.15, 0.2) is 30.6 Å². The molecule has 2 rings (SSSR count). The van der Waals surface area contributed by atoms with E-state index in [2.05, 4.69) is 38.2 Å². The van der Waals surface area contributed by atoms with Crippen molar-refractivity contribution in [2.75, 3.05) is 18.9 Å². The lowest BCUT2D eigenvalue weighted by atomic mass is 10.3. The molecule has 2 aromatic rings. The molecule has 0 bridgehead atoms. The minimum absolute atomic E-state index is 0.781. The summed E-state index contributed by atoms with van der Waals surface area (Å²) in [6.45, 7) is 6.72. The van der Waals surface area contributed by atoms with Crippen molar-refractivity contribution in [1.29, 1.82) is 0 Å². The van der Waals surface area contributed by atoms with E-state index >= 15 is 0 Å². The number of hydrogen-bond acceptors (Lipinski definition) is 5. The van der Waals surface area contributed by atoms with Crippen molar-refractivity contribution in [2.24, 2.45) is 0 Å². The molecule has 106 valence electrons. The first-order valence-electron chi connectivity index (χ1n) is 6.85. The van der Waals surface area contributed by atoms with Crippen LogP contribution in [0.25, 0.3) is 0 Å². The van der Waals surface area contributed by atoms with Gasteiger partial charge in [0.05, 0.1) is 23.8 Å². The quantitative estimate of drug-likeness (QED) is 0.873. The second kappa shape index (κ2) is 6.96. The molecule has 0 saturated heterocycles. The Balaban J connectivity index is 2.01. The van der Waals surface area contributed by atoms with Gasteiger partial charge in [0.2, 0.25) is 0 Å². The molecule has 5 nitrogen and oxygen atoms in total. The minimum Gasteiger partial charge on any atom is -0.372 e. The van der Waals surface area contributed by atoms with E-state index in [0.717, 1.165) is 42.5 Å². The fourth-order valence-electron chi connectivity index (χ4n) is 1.99. The summed E-state index contributed by atoms with van der Waals surface area (Å²) in [6.07, 6.45) is 3.58. The molecule has 0 radical (unpaired) electrons. The third kappa shape index (κ3) is 3.99. The smallest absolute Gasteiger partial charge is 0.144 e. The monoisotopic (exact) mass is 271 g/mol. The zero-order valence-electron chi connectivity index (χ0n) is 12.3. The molecule has 0 aliphatic carbocycles. The highest BCUT2D eigenvalue weighted by Crippen LogP contribution is 2.08. The van der Waals surface area contributed by atoms with Gasteiger partial charge in [-0.3, -0.25) is 14.9 Å². The van der Waals surface area contributed by atoms with Gasteiger partial charge in [0, 0.05) is 25.8 Å². The lowest BCUT2D eigenvalue weighted by Gasteiger charge is -2.19. The molecule has 1 N–H and O–H groups in total. The van der Waals surface area contributed by atoms with Gasteiger partial charge < -0.3 is 5.32 Å². The molecule has 0 unspecified atom stereocenters. The Bertz CT molecular complexity index is 538. The van der Waals surface area contributed by atoms with Gasteiger partial charge in [0.15, 0.2) is 0 Å². The van der Waals surface area contributed by atoms with Crippen molar-refractivity contribution in [3.05, 3.63) is 47.7 Å². The van der Waals surface area contributed by atoms with E-state index in [0.29, 0.717) is 0 Å². The average molecular weight is 271 g/mol. The van der Waals surface area contributed by atoms with Gasteiger partial charge in [-0.05, 0) is 25.6 Å². The van der Waals surface area contributed by atoms with Crippen molar-refractivity contribution in [3.8, 4) is 0 Å². The Morgan fingerprint density at radius 1 is 1.10 bits per heavy atom. The normalized spacial score (nSPS) is 10.8. The molecule has 0 saturated carbocycles. The summed E-state index contributed by atoms with van der Waals surface area (Å²) in [5.74, 6) is 0.789. The number of anilines is 1. The maximum absolute atomic E-state index is 4.54. The highest BCUT2D eigenvalue weighted by Gasteiger charge is 2.07. The Morgan fingerprint density at radius 2 is 1.90 bits per heavy atom. The van der Waals surface area contributed by atoms with Crippen LogP contribution < -0.4 is 5.32 Å². The van der Waals surface area contributed by atoms with Gasteiger partial charge in [-0.15, -0.1) is 0 Å². The summed E-state index contributed by atoms with van der Waals surface area (Å²) < 4.78 is 0. The fourth-order valence-corrected chi connectivity index (χ4v) is 1.99. The maximum atomic E-state index is 4.54. The van der Waals surface area contributed by atoms with Crippen molar-refractivity contribution in [2.45, 2.75) is 26.9 Å². The van der Waals surface area contributed by atoms with E-state index in [1.165, 1.54) is 0 Å². The van der Waals surface area contributed by atoms with Crippen molar-refractivity contribution in [1.82, 2.24) is 19.9 Å². The predicted molar refractivity (Wildman–Crippen MR) is 80.3 cm³/mol. The summed E-state index contributed by atoms with van der Waals surface area (Å²) in [7, 11) is 1.84. The molecule has 0 amide bonds. The van der Waals surface area contributed by atoms with Gasteiger partial charge in [-0.2, -0.15) is 0 Å². The van der Waals surface area contributed by atoms with Crippen LogP contribution in [0.3, 0.4) is 0 Å². The van der Waals surface area contributed by atoms with Crippen LogP contribution in [0.5, 0.6) is 0 Å². The molecule has 0 spiro atoms. The van der Waals surface area contributed by atoms with Gasteiger partial charge in [0.1, 0.15) is 5.82 Å². The number of nitrogens with one attached hydrogen (secondary N) is 1. The average Bonchev–Trinajstić information content (AvgIpc) is 2.47. The molecule has 2 aromatic heterocycles. The van der Waals surface area contributed by atoms with Crippen molar-refractivity contribution in [3.63, 3.8) is 0 Å². The number of aryl methyl sites for hydroxylation is 1. The molecular formula is C15H21N5. The Hall–Kier alpha value is -2.01. The second-order valence-electron chi connectivity index (χ2n) is 4.72. The lowest BCUT2D eigenvalue weighted by molar-refractivity contribution is 0.264. The zero-order valence-corrected chi connectivity index (χ0v) is 12.3. The molecular weight excluding hydrogens is 250 g/mol. The number of aromatic nitrogens is 3. The van der Waals surface area contributed by atoms with E-state index in [9.17, 15) is 0 Å². The number of pyridine rings is 1. The van der Waals surface area contributed by atoms with E-state index in [1.807, 2.05) is 32.3 Å². The first kappa shape index (κ1) is 14.4. The summed E-state index contributed by atoms with van der Waals surface area (Å²) in [5, 5.41) is 2.97. The molecule has 0 aliphatic rings. The third-order valence-corrected chi connectivity index (χ3v) is 3.13. The molecule has 20 heavy (non-hydrogen) atoms. The molecule has 0 atom stereocenters. The van der Waals surface area contributed by atoms with Crippen LogP contribution in [-0.2, 0) is 13.1 Å². The number of hydrogen-bond donors (Lipinski definition) is 1. The van der Waals surface area contributed by atoms with E-state index in [4.69, 9.17) is 0 Å². The van der Waals surface area contributed by atoms with Gasteiger partial charge in [-0.1, -0.05) is 13.0 Å². The van der Waals surface area contributed by atoms with Crippen LogP contribution in [0, 0.1) is 6.92 Å². The zero-order chi connectivity index (χ0) is 14.4. The van der Waals surface area contributed by atoms with Crippen molar-refractivity contribution < 1.29 is 0 Å². The molecule has 0 aromatic carbocycles. The first-order valence-corrected chi connectivity index (χ1v) is 6.85. The summed E-state index contributed by atoms with van der Waals surface area (Å²) in [5.41, 5.74) is 3.11. The Labute approximate surface area is 120 Å². The van der Waals surface area contributed by atoms with E-state index in [-0.39, 0.29) is 0 Å². The van der Waals surface area contributed by atoms with Gasteiger partial charge in [0.25, 0.3) is 0 Å². The third-order valence-electron chi connectivity index (χ3n) is 3.13. The standard InChI is InChI=1S/C15H21N5/c1-4-20(10-13-7-5-6-12(2)19-13)11-14-8-18-15(16-3)9-17-14/h5-9H,4,10-11H2,1-3H3,(H,16,18). The number of rotatable bonds is 6. The second-order valence-corrected chi connectivity index (χ2v) is 4.72. The predicted octanol–water partition coefficient (Wildman–Crippen LogP) is 2.24. The SMILES string of the molecule is CCN(Cc1cnc(NC)cn1)Cc1cccc(C)n1. The lowest BCUT2D eigenvalue weighted by Crippen LogP contribution is -2.23. The first-order chi connectivity index (χ1) is 9.71. The van der Waals surface area contributed by atoms with Crippen molar-refractivity contribution >= 4 is 5.82 Å². The maximum Gasteiger partial charge on any atom is 0.144 e. The highest BCUT2D eigenvalue weighted by molar-refractivity contribution is 5.29. The highest BCUT2D eigenvalue weighted by atomic mass is 15.1.